The van der Waals surface area contributed by atoms with Crippen molar-refractivity contribution in [3.8, 4) is 0 Å². The van der Waals surface area contributed by atoms with E-state index in [0.717, 1.165) is 5.57 Å². The van der Waals surface area contributed by atoms with E-state index < -0.39 is 65.4 Å². The van der Waals surface area contributed by atoms with Gasteiger partial charge in [0.25, 0.3) is 0 Å². The number of aliphatic hydroxyl groups is 1. The minimum Gasteiger partial charge on any atom is -0.459 e. The molecule has 204 valence electrons. The second kappa shape index (κ2) is 10.9. The Kier molecular flexibility index (Phi) is 8.49. The molecule has 0 bridgehead atoms. The number of hydrogen-bond donors (Lipinski definition) is 1. The van der Waals surface area contributed by atoms with Crippen LogP contribution in [0.1, 0.15) is 67.2 Å². The van der Waals surface area contributed by atoms with E-state index in [0.29, 0.717) is 12.8 Å². The summed E-state index contributed by atoms with van der Waals surface area (Å²) in [6.07, 6.45) is 1.10. The Labute approximate surface area is 217 Å². The molecule has 1 heterocycles. The molecule has 1 N–H and O–H groups in total. The minimum atomic E-state index is -1.49. The smallest absolute Gasteiger partial charge is 0.306 e. The summed E-state index contributed by atoms with van der Waals surface area (Å²) in [4.78, 5) is 49.9. The topological polar surface area (TPSA) is 125 Å². The van der Waals surface area contributed by atoms with Crippen LogP contribution in [0.2, 0.25) is 0 Å². The average Bonchev–Trinajstić information content (AvgIpc) is 3.10. The maximum atomic E-state index is 13.1. The van der Waals surface area contributed by atoms with Gasteiger partial charge in [-0.15, -0.1) is 0 Å². The first-order valence-electron chi connectivity index (χ1n) is 12.7. The van der Waals surface area contributed by atoms with Gasteiger partial charge in [0.15, 0.2) is 5.78 Å². The third-order valence-corrected chi connectivity index (χ3v) is 8.27. The number of allylic oxidation sites excluding steroid dienone is 4. The van der Waals surface area contributed by atoms with Gasteiger partial charge in [0.1, 0.15) is 12.2 Å². The average molecular weight is 519 g/mol. The second-order valence-electron chi connectivity index (χ2n) is 10.6. The molecule has 1 saturated carbocycles. The quantitative estimate of drug-likeness (QED) is 0.292. The lowest BCUT2D eigenvalue weighted by atomic mass is 9.44. The molecule has 1 aliphatic heterocycles. The summed E-state index contributed by atoms with van der Waals surface area (Å²) in [7, 11) is 0. The van der Waals surface area contributed by atoms with Gasteiger partial charge in [-0.05, 0) is 37.2 Å². The number of rotatable bonds is 8. The van der Waals surface area contributed by atoms with E-state index in [9.17, 15) is 24.3 Å². The first kappa shape index (κ1) is 28.8. The molecule has 1 saturated heterocycles. The first-order valence-corrected chi connectivity index (χ1v) is 12.7. The van der Waals surface area contributed by atoms with Crippen molar-refractivity contribution in [2.24, 2.45) is 22.7 Å². The standard InChI is InChI=1S/C28H38O9/c1-8-10-22(32)36-23-16(4)27(7,12-11-15(3)9-2)21-14-19(31)13-20-25(34-17(5)29)37-26(35-18(6)30)28(20,21)24(23)33/h9,11,13,16,21,23-26,33H,2,8,10,12,14H2,1,3-7H3. The van der Waals surface area contributed by atoms with Crippen LogP contribution in [-0.4, -0.2) is 53.6 Å². The molecule has 3 aliphatic rings. The summed E-state index contributed by atoms with van der Waals surface area (Å²) < 4.78 is 22.8. The lowest BCUT2D eigenvalue weighted by molar-refractivity contribution is -0.272. The van der Waals surface area contributed by atoms with E-state index in [1.54, 1.807) is 6.08 Å². The van der Waals surface area contributed by atoms with Crippen molar-refractivity contribution >= 4 is 23.7 Å². The Morgan fingerprint density at radius 2 is 1.84 bits per heavy atom. The van der Waals surface area contributed by atoms with E-state index >= 15 is 0 Å². The fourth-order valence-electron chi connectivity index (χ4n) is 6.22. The normalized spacial score (nSPS) is 37.1. The van der Waals surface area contributed by atoms with Crippen LogP contribution in [0.15, 0.2) is 36.0 Å². The van der Waals surface area contributed by atoms with Gasteiger partial charge in [0.2, 0.25) is 12.6 Å². The molecule has 9 heteroatoms. The van der Waals surface area contributed by atoms with Gasteiger partial charge in [0, 0.05) is 38.2 Å². The molecule has 37 heavy (non-hydrogen) atoms. The molecule has 3 rings (SSSR count). The zero-order chi connectivity index (χ0) is 27.7. The molecule has 0 aromatic heterocycles. The monoisotopic (exact) mass is 518 g/mol. The largest absolute Gasteiger partial charge is 0.459 e. The first-order chi connectivity index (χ1) is 17.3. The fraction of sp³-hybridized carbons (Fsp3) is 0.643. The summed E-state index contributed by atoms with van der Waals surface area (Å²) in [6.45, 7) is 13.8. The number of carbonyl (C=O) groups is 4. The number of hydrogen-bond acceptors (Lipinski definition) is 9. The lowest BCUT2D eigenvalue weighted by Gasteiger charge is -2.61. The molecule has 2 fully saturated rings. The number of aliphatic hydroxyl groups excluding tert-OH is 1. The van der Waals surface area contributed by atoms with Gasteiger partial charge in [-0.1, -0.05) is 45.1 Å². The molecule has 8 unspecified atom stereocenters. The number of ether oxygens (including phenoxy) is 4. The van der Waals surface area contributed by atoms with Crippen LogP contribution in [0.5, 0.6) is 0 Å². The van der Waals surface area contributed by atoms with Crippen molar-refractivity contribution in [1.82, 2.24) is 0 Å². The van der Waals surface area contributed by atoms with Crippen LogP contribution in [0.3, 0.4) is 0 Å². The summed E-state index contributed by atoms with van der Waals surface area (Å²) in [5.41, 5.74) is -1.10. The zero-order valence-electron chi connectivity index (χ0n) is 22.4. The van der Waals surface area contributed by atoms with Gasteiger partial charge in [-0.25, -0.2) is 0 Å². The number of carbonyl (C=O) groups excluding carboxylic acids is 4. The predicted octanol–water partition coefficient (Wildman–Crippen LogP) is 3.55. The fourth-order valence-corrected chi connectivity index (χ4v) is 6.22. The SMILES string of the molecule is C=CC(C)=CCC1(C)C(C)C(OC(=O)CCC)C(O)C23C(=CC(=O)CC12)C(OC(C)=O)OC3OC(C)=O. The predicted molar refractivity (Wildman–Crippen MR) is 132 cm³/mol. The van der Waals surface area contributed by atoms with Crippen molar-refractivity contribution in [3.63, 3.8) is 0 Å². The highest BCUT2D eigenvalue weighted by molar-refractivity contribution is 5.92. The van der Waals surface area contributed by atoms with Gasteiger partial charge in [-0.2, -0.15) is 0 Å². The summed E-state index contributed by atoms with van der Waals surface area (Å²) in [5, 5.41) is 12.0. The van der Waals surface area contributed by atoms with E-state index in [-0.39, 0.29) is 24.2 Å². The van der Waals surface area contributed by atoms with Crippen LogP contribution in [0.25, 0.3) is 0 Å². The molecule has 0 amide bonds. The van der Waals surface area contributed by atoms with Crippen LogP contribution in [0, 0.1) is 22.7 Å². The highest BCUT2D eigenvalue weighted by Crippen LogP contribution is 2.67. The molecule has 2 aliphatic carbocycles. The molecule has 8 atom stereocenters. The molecular formula is C28H38O9. The summed E-state index contributed by atoms with van der Waals surface area (Å²) in [5.74, 6) is -3.03. The van der Waals surface area contributed by atoms with Gasteiger partial charge in [-0.3, -0.25) is 23.9 Å². The lowest BCUT2D eigenvalue weighted by Crippen LogP contribution is -2.68. The number of esters is 3. The molecule has 0 radical (unpaired) electrons. The van der Waals surface area contributed by atoms with Crippen molar-refractivity contribution in [2.45, 2.75) is 92.0 Å². The van der Waals surface area contributed by atoms with Crippen molar-refractivity contribution < 1.29 is 43.2 Å². The Bertz CT molecular complexity index is 1030. The van der Waals surface area contributed by atoms with E-state index in [4.69, 9.17) is 18.9 Å². The third kappa shape index (κ3) is 5.03. The van der Waals surface area contributed by atoms with Crippen molar-refractivity contribution in [1.29, 1.82) is 0 Å². The van der Waals surface area contributed by atoms with Crippen molar-refractivity contribution in [2.75, 3.05) is 0 Å². The van der Waals surface area contributed by atoms with Crippen LogP contribution < -0.4 is 0 Å². The van der Waals surface area contributed by atoms with Gasteiger partial charge >= 0.3 is 17.9 Å². The minimum absolute atomic E-state index is 0.0337. The van der Waals surface area contributed by atoms with Crippen LogP contribution in [0.4, 0.5) is 0 Å². The Hall–Kier alpha value is -2.78. The molecular weight excluding hydrogens is 480 g/mol. The van der Waals surface area contributed by atoms with Gasteiger partial charge < -0.3 is 19.3 Å². The molecule has 0 aromatic rings. The highest BCUT2D eigenvalue weighted by atomic mass is 16.8. The van der Waals surface area contributed by atoms with E-state index in [2.05, 4.69) is 6.58 Å². The van der Waals surface area contributed by atoms with Gasteiger partial charge in [0.05, 0.1) is 5.41 Å². The third-order valence-electron chi connectivity index (χ3n) is 8.27. The summed E-state index contributed by atoms with van der Waals surface area (Å²) in [6, 6.07) is 0. The molecule has 9 nitrogen and oxygen atoms in total. The molecule has 0 aromatic carbocycles. The van der Waals surface area contributed by atoms with Crippen LogP contribution >= 0.6 is 0 Å². The zero-order valence-corrected chi connectivity index (χ0v) is 22.4. The second-order valence-corrected chi connectivity index (χ2v) is 10.6. The maximum Gasteiger partial charge on any atom is 0.306 e. The summed E-state index contributed by atoms with van der Waals surface area (Å²) >= 11 is 0. The maximum absolute atomic E-state index is 13.1. The van der Waals surface area contributed by atoms with E-state index in [1.807, 2.05) is 33.8 Å². The Morgan fingerprint density at radius 1 is 1.19 bits per heavy atom. The Morgan fingerprint density at radius 3 is 2.41 bits per heavy atom. The van der Waals surface area contributed by atoms with E-state index in [1.165, 1.54) is 19.9 Å². The van der Waals surface area contributed by atoms with Crippen molar-refractivity contribution in [3.05, 3.63) is 36.0 Å². The molecule has 1 spiro atoms. The number of ketones is 1. The van der Waals surface area contributed by atoms with Crippen LogP contribution in [-0.2, 0) is 38.1 Å². The Balaban J connectivity index is 2.28. The highest BCUT2D eigenvalue weighted by Gasteiger charge is 2.74.